The third kappa shape index (κ3) is 2.64. The Morgan fingerprint density at radius 1 is 1.14 bits per heavy atom. The lowest BCUT2D eigenvalue weighted by molar-refractivity contribution is 0.0989. The second-order valence-electron chi connectivity index (χ2n) is 5.25. The van der Waals surface area contributed by atoms with Crippen LogP contribution in [-0.2, 0) is 6.42 Å². The van der Waals surface area contributed by atoms with Crippen LogP contribution in [0, 0.1) is 0 Å². The number of aryl methyl sites for hydroxylation is 1. The van der Waals surface area contributed by atoms with Crippen molar-refractivity contribution < 1.29 is 4.79 Å². The second-order valence-corrected chi connectivity index (χ2v) is 5.25. The maximum absolute atomic E-state index is 12.9. The van der Waals surface area contributed by atoms with Crippen LogP contribution in [0.1, 0.15) is 29.3 Å². The van der Waals surface area contributed by atoms with Crippen LogP contribution in [0.25, 0.3) is 0 Å². The zero-order valence-corrected chi connectivity index (χ0v) is 12.3. The Bertz CT molecular complexity index is 637. The molecule has 0 unspecified atom stereocenters. The third-order valence-corrected chi connectivity index (χ3v) is 3.94. The van der Waals surface area contributed by atoms with E-state index in [1.165, 1.54) is 5.56 Å². The van der Waals surface area contributed by atoms with E-state index in [9.17, 15) is 4.79 Å². The van der Waals surface area contributed by atoms with Crippen LogP contribution < -0.4 is 10.2 Å². The first-order valence-electron chi connectivity index (χ1n) is 7.54. The van der Waals surface area contributed by atoms with Gasteiger partial charge in [-0.25, -0.2) is 0 Å². The second kappa shape index (κ2) is 6.00. The van der Waals surface area contributed by atoms with Gasteiger partial charge in [0, 0.05) is 18.8 Å². The minimum atomic E-state index is 0.0648. The van der Waals surface area contributed by atoms with Crippen LogP contribution in [-0.4, -0.2) is 19.0 Å². The van der Waals surface area contributed by atoms with Crippen molar-refractivity contribution in [1.29, 1.82) is 0 Å². The number of para-hydroxylation sites is 2. The smallest absolute Gasteiger partial charge is 0.260 e. The van der Waals surface area contributed by atoms with E-state index in [0.717, 1.165) is 36.3 Å². The fourth-order valence-corrected chi connectivity index (χ4v) is 2.88. The SMILES string of the molecule is CCN(C(=O)c1cccc2c1NCCC2)c1ccccc1. The molecule has 0 atom stereocenters. The van der Waals surface area contributed by atoms with E-state index < -0.39 is 0 Å². The summed E-state index contributed by atoms with van der Waals surface area (Å²) >= 11 is 0. The Hall–Kier alpha value is -2.29. The third-order valence-electron chi connectivity index (χ3n) is 3.94. The molecule has 2 aromatic rings. The molecule has 1 N–H and O–H groups in total. The van der Waals surface area contributed by atoms with E-state index in [1.807, 2.05) is 54.3 Å². The van der Waals surface area contributed by atoms with Crippen molar-refractivity contribution in [3.8, 4) is 0 Å². The van der Waals surface area contributed by atoms with Gasteiger partial charge in [0.2, 0.25) is 0 Å². The van der Waals surface area contributed by atoms with Gasteiger partial charge in [0.1, 0.15) is 0 Å². The van der Waals surface area contributed by atoms with Crippen molar-refractivity contribution in [3.63, 3.8) is 0 Å². The summed E-state index contributed by atoms with van der Waals surface area (Å²) in [6.45, 7) is 3.61. The maximum atomic E-state index is 12.9. The number of hydrogen-bond donors (Lipinski definition) is 1. The number of fused-ring (bicyclic) bond motifs is 1. The lowest BCUT2D eigenvalue weighted by atomic mass is 9.98. The Labute approximate surface area is 125 Å². The molecule has 2 aromatic carbocycles. The molecule has 0 saturated heterocycles. The van der Waals surface area contributed by atoms with Crippen molar-refractivity contribution in [2.75, 3.05) is 23.3 Å². The molecule has 1 amide bonds. The van der Waals surface area contributed by atoms with E-state index in [2.05, 4.69) is 11.4 Å². The van der Waals surface area contributed by atoms with Crippen molar-refractivity contribution >= 4 is 17.3 Å². The average Bonchev–Trinajstić information content (AvgIpc) is 2.56. The Morgan fingerprint density at radius 2 is 1.95 bits per heavy atom. The maximum Gasteiger partial charge on any atom is 0.260 e. The number of nitrogens with one attached hydrogen (secondary N) is 1. The number of hydrogen-bond acceptors (Lipinski definition) is 2. The van der Waals surface area contributed by atoms with E-state index in [0.29, 0.717) is 6.54 Å². The molecule has 3 nitrogen and oxygen atoms in total. The number of rotatable bonds is 3. The molecule has 0 fully saturated rings. The van der Waals surface area contributed by atoms with Gasteiger partial charge in [-0.2, -0.15) is 0 Å². The highest BCUT2D eigenvalue weighted by atomic mass is 16.2. The normalized spacial score (nSPS) is 13.2. The zero-order valence-electron chi connectivity index (χ0n) is 12.3. The Morgan fingerprint density at radius 3 is 2.71 bits per heavy atom. The number of amides is 1. The van der Waals surface area contributed by atoms with Crippen LogP contribution in [0.3, 0.4) is 0 Å². The number of nitrogens with zero attached hydrogens (tertiary/aromatic N) is 1. The molecular formula is C18H20N2O. The summed E-state index contributed by atoms with van der Waals surface area (Å²) in [6.07, 6.45) is 2.17. The fourth-order valence-electron chi connectivity index (χ4n) is 2.88. The summed E-state index contributed by atoms with van der Waals surface area (Å²) in [5, 5.41) is 3.40. The molecule has 1 aliphatic heterocycles. The first kappa shape index (κ1) is 13.7. The predicted molar refractivity (Wildman–Crippen MR) is 87.0 cm³/mol. The number of benzene rings is 2. The van der Waals surface area contributed by atoms with E-state index >= 15 is 0 Å². The molecule has 0 radical (unpaired) electrons. The highest BCUT2D eigenvalue weighted by Gasteiger charge is 2.22. The van der Waals surface area contributed by atoms with Gasteiger partial charge in [-0.15, -0.1) is 0 Å². The van der Waals surface area contributed by atoms with E-state index in [4.69, 9.17) is 0 Å². The number of carbonyl (C=O) groups excluding carboxylic acids is 1. The van der Waals surface area contributed by atoms with Crippen molar-refractivity contribution in [1.82, 2.24) is 0 Å². The quantitative estimate of drug-likeness (QED) is 0.929. The Kier molecular flexibility index (Phi) is 3.91. The van der Waals surface area contributed by atoms with Crippen molar-refractivity contribution in [2.24, 2.45) is 0 Å². The molecule has 21 heavy (non-hydrogen) atoms. The van der Waals surface area contributed by atoms with Crippen LogP contribution in [0.2, 0.25) is 0 Å². The van der Waals surface area contributed by atoms with E-state index in [1.54, 1.807) is 0 Å². The fraction of sp³-hybridized carbons (Fsp3) is 0.278. The summed E-state index contributed by atoms with van der Waals surface area (Å²) in [7, 11) is 0. The standard InChI is InChI=1S/C18H20N2O/c1-2-20(15-10-4-3-5-11-15)18(21)16-12-6-8-14-9-7-13-19-17(14)16/h3-6,8,10-12,19H,2,7,9,13H2,1H3. The van der Waals surface area contributed by atoms with Gasteiger partial charge in [0.15, 0.2) is 0 Å². The molecule has 108 valence electrons. The topological polar surface area (TPSA) is 32.3 Å². The van der Waals surface area contributed by atoms with Gasteiger partial charge in [-0.05, 0) is 43.5 Å². The summed E-state index contributed by atoms with van der Waals surface area (Å²) < 4.78 is 0. The van der Waals surface area contributed by atoms with Gasteiger partial charge in [-0.1, -0.05) is 30.3 Å². The molecule has 3 rings (SSSR count). The molecule has 1 aliphatic rings. The van der Waals surface area contributed by atoms with Crippen molar-refractivity contribution in [3.05, 3.63) is 59.7 Å². The van der Waals surface area contributed by atoms with Gasteiger partial charge in [-0.3, -0.25) is 4.79 Å². The van der Waals surface area contributed by atoms with Crippen LogP contribution in [0.4, 0.5) is 11.4 Å². The molecule has 3 heteroatoms. The summed E-state index contributed by atoms with van der Waals surface area (Å²) in [6, 6.07) is 15.9. The summed E-state index contributed by atoms with van der Waals surface area (Å²) in [4.78, 5) is 14.8. The van der Waals surface area contributed by atoms with Crippen LogP contribution in [0.15, 0.2) is 48.5 Å². The molecule has 0 spiro atoms. The van der Waals surface area contributed by atoms with Gasteiger partial charge in [0.05, 0.1) is 11.3 Å². The minimum Gasteiger partial charge on any atom is -0.384 e. The van der Waals surface area contributed by atoms with Crippen LogP contribution >= 0.6 is 0 Å². The number of carbonyl (C=O) groups is 1. The molecular weight excluding hydrogens is 260 g/mol. The molecule has 1 heterocycles. The number of anilines is 2. The molecule has 0 aromatic heterocycles. The largest absolute Gasteiger partial charge is 0.384 e. The molecule has 0 saturated carbocycles. The molecule has 0 bridgehead atoms. The summed E-state index contributed by atoms with van der Waals surface area (Å²) in [5.41, 5.74) is 3.98. The lowest BCUT2D eigenvalue weighted by Gasteiger charge is -2.25. The van der Waals surface area contributed by atoms with E-state index in [-0.39, 0.29) is 5.91 Å². The molecule has 0 aliphatic carbocycles. The minimum absolute atomic E-state index is 0.0648. The summed E-state index contributed by atoms with van der Waals surface area (Å²) in [5.74, 6) is 0.0648. The Balaban J connectivity index is 1.98. The zero-order chi connectivity index (χ0) is 14.7. The first-order chi connectivity index (χ1) is 10.3. The highest BCUT2D eigenvalue weighted by molar-refractivity contribution is 6.10. The highest BCUT2D eigenvalue weighted by Crippen LogP contribution is 2.28. The van der Waals surface area contributed by atoms with Crippen molar-refractivity contribution in [2.45, 2.75) is 19.8 Å². The van der Waals surface area contributed by atoms with Gasteiger partial charge < -0.3 is 10.2 Å². The van der Waals surface area contributed by atoms with Crippen LogP contribution in [0.5, 0.6) is 0 Å². The lowest BCUT2D eigenvalue weighted by Crippen LogP contribution is -2.32. The first-order valence-corrected chi connectivity index (χ1v) is 7.54. The van der Waals surface area contributed by atoms with Gasteiger partial charge in [0.25, 0.3) is 5.91 Å². The van der Waals surface area contributed by atoms with Gasteiger partial charge >= 0.3 is 0 Å². The monoisotopic (exact) mass is 280 g/mol. The average molecular weight is 280 g/mol. The predicted octanol–water partition coefficient (Wildman–Crippen LogP) is 3.71.